The molecule has 0 heterocycles. The fourth-order valence-corrected chi connectivity index (χ4v) is 8.66. The third-order valence-electron chi connectivity index (χ3n) is 13.1. The summed E-state index contributed by atoms with van der Waals surface area (Å²) in [6.07, 6.45) is 69.7. The van der Waals surface area contributed by atoms with Crippen LogP contribution in [0.2, 0.25) is 0 Å². The highest BCUT2D eigenvalue weighted by Gasteiger charge is 2.19. The smallest absolute Gasteiger partial charge is 0.305 e. The summed E-state index contributed by atoms with van der Waals surface area (Å²) in [5.74, 6) is -0.146. The fourth-order valence-electron chi connectivity index (χ4n) is 8.66. The van der Waals surface area contributed by atoms with Gasteiger partial charge in [0.2, 0.25) is 5.91 Å². The van der Waals surface area contributed by atoms with Gasteiger partial charge in [0, 0.05) is 12.8 Å². The van der Waals surface area contributed by atoms with E-state index in [9.17, 15) is 19.8 Å². The summed E-state index contributed by atoms with van der Waals surface area (Å²) in [6.45, 7) is 4.87. The molecule has 0 aliphatic carbocycles. The Morgan fingerprint density at radius 2 is 0.773 bits per heavy atom. The molecule has 0 aromatic rings. The summed E-state index contributed by atoms with van der Waals surface area (Å²) in [7, 11) is 0. The number of amides is 1. The normalized spacial score (nSPS) is 13.0. The third kappa shape index (κ3) is 51.2. The van der Waals surface area contributed by atoms with Crippen molar-refractivity contribution in [3.63, 3.8) is 0 Å². The lowest BCUT2D eigenvalue weighted by molar-refractivity contribution is -0.143. The zero-order valence-electron chi connectivity index (χ0n) is 43.9. The Morgan fingerprint density at radius 3 is 1.20 bits per heavy atom. The van der Waals surface area contributed by atoms with Crippen LogP contribution >= 0.6 is 0 Å². The Labute approximate surface area is 410 Å². The van der Waals surface area contributed by atoms with Gasteiger partial charge in [-0.15, -0.1) is 0 Å². The minimum absolute atomic E-state index is 0.0305. The second-order valence-corrected chi connectivity index (χ2v) is 19.6. The van der Waals surface area contributed by atoms with E-state index in [0.29, 0.717) is 32.3 Å². The largest absolute Gasteiger partial charge is 0.466 e. The molecular weight excluding hydrogens is 815 g/mol. The zero-order chi connectivity index (χ0) is 47.9. The molecule has 0 aromatic carbocycles. The molecule has 0 radical (unpaired) electrons. The maximum Gasteiger partial charge on any atom is 0.305 e. The highest BCUT2D eigenvalue weighted by atomic mass is 16.5. The van der Waals surface area contributed by atoms with Gasteiger partial charge in [-0.1, -0.05) is 255 Å². The van der Waals surface area contributed by atoms with Crippen LogP contribution in [0.1, 0.15) is 296 Å². The molecule has 0 spiro atoms. The summed E-state index contributed by atoms with van der Waals surface area (Å²) in [4.78, 5) is 24.5. The first-order valence-electron chi connectivity index (χ1n) is 28.9. The summed E-state index contributed by atoms with van der Waals surface area (Å²) >= 11 is 0. The predicted octanol–water partition coefficient (Wildman–Crippen LogP) is 17.8. The van der Waals surface area contributed by atoms with E-state index < -0.39 is 12.1 Å². The predicted molar refractivity (Wildman–Crippen MR) is 287 cm³/mol. The van der Waals surface area contributed by atoms with E-state index in [-0.39, 0.29) is 18.5 Å². The summed E-state index contributed by atoms with van der Waals surface area (Å²) in [5, 5.41) is 23.2. The molecule has 6 heteroatoms. The van der Waals surface area contributed by atoms with Crippen molar-refractivity contribution in [2.75, 3.05) is 13.2 Å². The summed E-state index contributed by atoms with van der Waals surface area (Å²) < 4.78 is 5.45. The number of carbonyl (C=O) groups is 2. The Kier molecular flexibility index (Phi) is 53.6. The van der Waals surface area contributed by atoms with Gasteiger partial charge in [-0.2, -0.15) is 0 Å². The number of unbranched alkanes of at least 4 members (excludes halogenated alkanes) is 34. The number of hydrogen-bond acceptors (Lipinski definition) is 5. The van der Waals surface area contributed by atoms with Crippen molar-refractivity contribution >= 4 is 11.9 Å². The molecule has 0 aliphatic heterocycles. The van der Waals surface area contributed by atoms with Crippen LogP contribution in [-0.2, 0) is 14.3 Å². The number of hydrogen-bond donors (Lipinski definition) is 3. The first-order valence-corrected chi connectivity index (χ1v) is 28.9. The Balaban J connectivity index is 3.55. The standard InChI is InChI=1S/C60H111NO5/c1-3-5-7-9-11-13-15-17-19-21-22-23-24-25-28-32-36-40-44-48-52-58(63)57(56-62)61-59(64)53-49-45-41-37-33-29-27-31-35-39-43-47-51-55-66-60(65)54-50-46-42-38-34-30-26-20-18-16-14-12-10-8-6-4-2/h14,16,20,26,29,33,41,45,57-58,62-63H,3-13,15,17-19,21-25,27-28,30-32,34-40,42-44,46-56H2,1-2H3,(H,61,64)/b16-14-,26-20-,33-29-,45-41-. The first kappa shape index (κ1) is 63.8. The molecule has 1 amide bonds. The number of aliphatic hydroxyl groups excluding tert-OH is 2. The molecule has 0 aliphatic rings. The van der Waals surface area contributed by atoms with Crippen molar-refractivity contribution in [2.24, 2.45) is 0 Å². The van der Waals surface area contributed by atoms with E-state index in [1.54, 1.807) is 0 Å². The molecule has 0 aromatic heterocycles. The molecule has 0 bridgehead atoms. The Morgan fingerprint density at radius 1 is 0.424 bits per heavy atom. The number of rotatable bonds is 53. The number of nitrogens with one attached hydrogen (secondary N) is 1. The molecular formula is C60H111NO5. The first-order chi connectivity index (χ1) is 32.5. The van der Waals surface area contributed by atoms with Gasteiger partial charge >= 0.3 is 5.97 Å². The van der Waals surface area contributed by atoms with Gasteiger partial charge in [0.15, 0.2) is 0 Å². The van der Waals surface area contributed by atoms with Crippen molar-refractivity contribution in [1.82, 2.24) is 5.32 Å². The minimum atomic E-state index is -0.701. The summed E-state index contributed by atoms with van der Waals surface area (Å²) in [5.41, 5.74) is 0. The van der Waals surface area contributed by atoms with Crippen molar-refractivity contribution in [1.29, 1.82) is 0 Å². The summed E-state index contributed by atoms with van der Waals surface area (Å²) in [6, 6.07) is -0.588. The topological polar surface area (TPSA) is 95.9 Å². The highest BCUT2D eigenvalue weighted by molar-refractivity contribution is 5.76. The van der Waals surface area contributed by atoms with Gasteiger partial charge in [-0.05, 0) is 77.0 Å². The number of esters is 1. The third-order valence-corrected chi connectivity index (χ3v) is 13.1. The van der Waals surface area contributed by atoms with E-state index in [2.05, 4.69) is 61.7 Å². The molecule has 66 heavy (non-hydrogen) atoms. The highest BCUT2D eigenvalue weighted by Crippen LogP contribution is 2.17. The van der Waals surface area contributed by atoms with Crippen LogP contribution in [0.25, 0.3) is 0 Å². The van der Waals surface area contributed by atoms with Gasteiger partial charge in [-0.3, -0.25) is 9.59 Å². The van der Waals surface area contributed by atoms with E-state index in [4.69, 9.17) is 4.74 Å². The van der Waals surface area contributed by atoms with Crippen LogP contribution in [0.5, 0.6) is 0 Å². The Hall–Kier alpha value is -2.18. The lowest BCUT2D eigenvalue weighted by Crippen LogP contribution is -2.45. The van der Waals surface area contributed by atoms with Crippen LogP contribution < -0.4 is 5.32 Å². The van der Waals surface area contributed by atoms with Gasteiger partial charge in [0.25, 0.3) is 0 Å². The lowest BCUT2D eigenvalue weighted by atomic mass is 10.0. The van der Waals surface area contributed by atoms with Gasteiger partial charge in [-0.25, -0.2) is 0 Å². The van der Waals surface area contributed by atoms with Crippen LogP contribution in [-0.4, -0.2) is 47.4 Å². The lowest BCUT2D eigenvalue weighted by Gasteiger charge is -2.22. The number of ether oxygens (including phenoxy) is 1. The molecule has 3 N–H and O–H groups in total. The molecule has 6 nitrogen and oxygen atoms in total. The second kappa shape index (κ2) is 55.4. The molecule has 0 saturated heterocycles. The van der Waals surface area contributed by atoms with E-state index in [1.165, 1.54) is 193 Å². The monoisotopic (exact) mass is 926 g/mol. The molecule has 0 fully saturated rings. The second-order valence-electron chi connectivity index (χ2n) is 19.6. The van der Waals surface area contributed by atoms with Crippen molar-refractivity contribution in [2.45, 2.75) is 309 Å². The van der Waals surface area contributed by atoms with Crippen LogP contribution in [0.3, 0.4) is 0 Å². The number of aliphatic hydroxyl groups is 2. The molecule has 2 atom stereocenters. The van der Waals surface area contributed by atoms with Crippen LogP contribution in [0, 0.1) is 0 Å². The quantitative estimate of drug-likeness (QED) is 0.0321. The SMILES string of the molecule is CCCCCC/C=C\C/C=C\CCCCCCCC(=O)OCCCCCCCC/C=C\C/C=C\CCC(=O)NC(CO)C(O)CCCCCCCCCCCCCCCCCCCCCC. The molecule has 0 rings (SSSR count). The van der Waals surface area contributed by atoms with E-state index >= 15 is 0 Å². The maximum atomic E-state index is 12.5. The zero-order valence-corrected chi connectivity index (χ0v) is 43.9. The molecule has 2 unspecified atom stereocenters. The van der Waals surface area contributed by atoms with Gasteiger partial charge in [0.05, 0.1) is 25.4 Å². The molecule has 0 saturated carbocycles. The average molecular weight is 927 g/mol. The molecule has 386 valence electrons. The van der Waals surface area contributed by atoms with E-state index in [0.717, 1.165) is 64.2 Å². The number of allylic oxidation sites excluding steroid dienone is 8. The minimum Gasteiger partial charge on any atom is -0.466 e. The van der Waals surface area contributed by atoms with Gasteiger partial charge in [0.1, 0.15) is 0 Å². The van der Waals surface area contributed by atoms with Crippen molar-refractivity contribution < 1.29 is 24.5 Å². The van der Waals surface area contributed by atoms with Crippen LogP contribution in [0.15, 0.2) is 48.6 Å². The fraction of sp³-hybridized carbons (Fsp3) is 0.833. The Bertz CT molecular complexity index is 1110. The van der Waals surface area contributed by atoms with Gasteiger partial charge < -0.3 is 20.3 Å². The van der Waals surface area contributed by atoms with Crippen molar-refractivity contribution in [3.05, 3.63) is 48.6 Å². The van der Waals surface area contributed by atoms with Crippen LogP contribution in [0.4, 0.5) is 0 Å². The van der Waals surface area contributed by atoms with E-state index in [1.807, 2.05) is 6.08 Å². The van der Waals surface area contributed by atoms with Crippen molar-refractivity contribution in [3.8, 4) is 0 Å². The maximum absolute atomic E-state index is 12.5. The number of carbonyl (C=O) groups excluding carboxylic acids is 2. The average Bonchev–Trinajstić information content (AvgIpc) is 3.32.